The zero-order valence-corrected chi connectivity index (χ0v) is 8.45. The predicted molar refractivity (Wildman–Crippen MR) is 53.4 cm³/mol. The molecule has 2 heterocycles. The lowest BCUT2D eigenvalue weighted by molar-refractivity contribution is 0.620. The van der Waals surface area contributed by atoms with Crippen molar-refractivity contribution >= 4 is 11.5 Å². The van der Waals surface area contributed by atoms with Crippen molar-refractivity contribution in [2.24, 2.45) is 0 Å². The molecule has 2 rings (SSSR count). The first-order valence-corrected chi connectivity index (χ1v) is 4.44. The van der Waals surface area contributed by atoms with Gasteiger partial charge in [-0.05, 0) is 18.6 Å². The van der Waals surface area contributed by atoms with Crippen LogP contribution in [-0.4, -0.2) is 14.6 Å². The van der Waals surface area contributed by atoms with Gasteiger partial charge in [-0.25, -0.2) is 9.37 Å². The maximum Gasteiger partial charge on any atom is 0.165 e. The molecule has 0 aliphatic heterocycles. The summed E-state index contributed by atoms with van der Waals surface area (Å²) in [6, 6.07) is 1.35. The lowest BCUT2D eigenvalue weighted by Crippen LogP contribution is -2.03. The third kappa shape index (κ3) is 1.53. The molecule has 76 valence electrons. The molecule has 2 aromatic heterocycles. The second-order valence-electron chi connectivity index (χ2n) is 2.56. The van der Waals surface area contributed by atoms with Gasteiger partial charge in [0.25, 0.3) is 0 Å². The van der Waals surface area contributed by atoms with Crippen LogP contribution in [0.4, 0.5) is 10.2 Å². The minimum Gasteiger partial charge on any atom is -0.381 e. The number of nitrogens with two attached hydrogens (primary N) is 1. The Labute approximate surface area is 81.6 Å². The Morgan fingerprint density at radius 2 is 2.07 bits per heavy atom. The van der Waals surface area contributed by atoms with Crippen molar-refractivity contribution in [1.82, 2.24) is 14.6 Å². The quantitative estimate of drug-likeness (QED) is 0.698. The summed E-state index contributed by atoms with van der Waals surface area (Å²) in [5.74, 6) is -0.474. The number of halogens is 1. The topological polar surface area (TPSA) is 56.2 Å². The lowest BCUT2D eigenvalue weighted by atomic mass is 10.3. The fourth-order valence-electron chi connectivity index (χ4n) is 1.12. The Bertz CT molecular complexity index is 436. The largest absolute Gasteiger partial charge is 0.381 e. The Morgan fingerprint density at radius 3 is 2.71 bits per heavy atom. The van der Waals surface area contributed by atoms with Gasteiger partial charge in [0.05, 0.1) is 0 Å². The first kappa shape index (κ1) is 10.4. The molecule has 0 bridgehead atoms. The van der Waals surface area contributed by atoms with Crippen molar-refractivity contribution in [3.8, 4) is 0 Å². The molecular formula is C9H13FN4. The van der Waals surface area contributed by atoms with Gasteiger partial charge in [-0.3, -0.25) is 0 Å². The van der Waals surface area contributed by atoms with E-state index in [1.54, 1.807) is 6.92 Å². The number of anilines is 1. The van der Waals surface area contributed by atoms with Crippen LogP contribution in [0.2, 0.25) is 0 Å². The Hall–Kier alpha value is -1.65. The smallest absolute Gasteiger partial charge is 0.165 e. The fraction of sp³-hybridized carbons (Fsp3) is 0.333. The van der Waals surface area contributed by atoms with E-state index in [0.717, 1.165) is 5.56 Å². The molecule has 0 aliphatic rings. The third-order valence-electron chi connectivity index (χ3n) is 1.72. The van der Waals surface area contributed by atoms with Crippen molar-refractivity contribution in [2.45, 2.75) is 20.8 Å². The molecule has 0 saturated carbocycles. The number of pyridine rings is 1. The molecule has 2 N–H and O–H groups in total. The number of hydrogen-bond donors (Lipinski definition) is 1. The van der Waals surface area contributed by atoms with E-state index in [1.165, 1.54) is 16.9 Å². The van der Waals surface area contributed by atoms with Crippen LogP contribution in [0.5, 0.6) is 0 Å². The normalized spacial score (nSPS) is 9.71. The van der Waals surface area contributed by atoms with E-state index in [4.69, 9.17) is 5.73 Å². The minimum absolute atomic E-state index is 0.00639. The summed E-state index contributed by atoms with van der Waals surface area (Å²) in [6.45, 7) is 5.76. The van der Waals surface area contributed by atoms with Crippen molar-refractivity contribution in [3.63, 3.8) is 0 Å². The standard InChI is InChI=1S/C7H7FN4.C2H6/c1-4-2-5(8)6(9)12-7(4)10-3-11-12;1-2/h2-3H,9H2,1H3;1-2H3. The van der Waals surface area contributed by atoms with E-state index in [1.807, 2.05) is 13.8 Å². The molecule has 0 unspecified atom stereocenters. The molecule has 2 aromatic rings. The first-order valence-electron chi connectivity index (χ1n) is 4.44. The number of aryl methyl sites for hydroxylation is 1. The van der Waals surface area contributed by atoms with Crippen molar-refractivity contribution < 1.29 is 4.39 Å². The molecule has 0 spiro atoms. The summed E-state index contributed by atoms with van der Waals surface area (Å²) < 4.78 is 14.3. The van der Waals surface area contributed by atoms with Crippen molar-refractivity contribution in [3.05, 3.63) is 23.8 Å². The SMILES string of the molecule is CC.Cc1cc(F)c(N)n2ncnc12. The predicted octanol–water partition coefficient (Wildman–Crippen LogP) is 1.79. The molecule has 4 nitrogen and oxygen atoms in total. The van der Waals surface area contributed by atoms with Crippen LogP contribution in [0.3, 0.4) is 0 Å². The van der Waals surface area contributed by atoms with Gasteiger partial charge in [-0.2, -0.15) is 9.61 Å². The van der Waals surface area contributed by atoms with E-state index in [0.29, 0.717) is 5.65 Å². The van der Waals surface area contributed by atoms with E-state index in [9.17, 15) is 4.39 Å². The van der Waals surface area contributed by atoms with Gasteiger partial charge in [0, 0.05) is 0 Å². The molecule has 0 atom stereocenters. The summed E-state index contributed by atoms with van der Waals surface area (Å²) >= 11 is 0. The van der Waals surface area contributed by atoms with Crippen LogP contribution in [-0.2, 0) is 0 Å². The maximum atomic E-state index is 13.0. The van der Waals surface area contributed by atoms with Crippen LogP contribution in [0, 0.1) is 12.7 Å². The third-order valence-corrected chi connectivity index (χ3v) is 1.72. The second kappa shape index (κ2) is 4.04. The maximum absolute atomic E-state index is 13.0. The van der Waals surface area contributed by atoms with Gasteiger partial charge in [0.1, 0.15) is 6.33 Å². The van der Waals surface area contributed by atoms with Gasteiger partial charge in [-0.1, -0.05) is 13.8 Å². The molecule has 14 heavy (non-hydrogen) atoms. The Kier molecular flexibility index (Phi) is 3.01. The number of hydrogen-bond acceptors (Lipinski definition) is 3. The highest BCUT2D eigenvalue weighted by molar-refractivity contribution is 5.52. The van der Waals surface area contributed by atoms with Crippen LogP contribution in [0.1, 0.15) is 19.4 Å². The highest BCUT2D eigenvalue weighted by atomic mass is 19.1. The zero-order chi connectivity index (χ0) is 10.7. The first-order chi connectivity index (χ1) is 6.70. The van der Waals surface area contributed by atoms with Gasteiger partial charge < -0.3 is 5.73 Å². The summed E-state index contributed by atoms with van der Waals surface area (Å²) in [5.41, 5.74) is 6.73. The van der Waals surface area contributed by atoms with Gasteiger partial charge in [-0.15, -0.1) is 0 Å². The number of aromatic nitrogens is 3. The second-order valence-corrected chi connectivity index (χ2v) is 2.56. The average molecular weight is 196 g/mol. The molecular weight excluding hydrogens is 183 g/mol. The van der Waals surface area contributed by atoms with Crippen LogP contribution >= 0.6 is 0 Å². The van der Waals surface area contributed by atoms with Crippen LogP contribution in [0.25, 0.3) is 5.65 Å². The Morgan fingerprint density at radius 1 is 1.43 bits per heavy atom. The summed E-state index contributed by atoms with van der Waals surface area (Å²) in [6.07, 6.45) is 1.35. The number of nitrogen functional groups attached to an aromatic ring is 1. The molecule has 0 aliphatic carbocycles. The summed E-state index contributed by atoms with van der Waals surface area (Å²) in [7, 11) is 0. The van der Waals surface area contributed by atoms with Crippen molar-refractivity contribution in [1.29, 1.82) is 0 Å². The highest BCUT2D eigenvalue weighted by Gasteiger charge is 2.07. The number of nitrogens with zero attached hydrogens (tertiary/aromatic N) is 3. The lowest BCUT2D eigenvalue weighted by Gasteiger charge is -2.01. The van der Waals surface area contributed by atoms with E-state index in [2.05, 4.69) is 10.1 Å². The summed E-state index contributed by atoms with van der Waals surface area (Å²) in [4.78, 5) is 3.93. The zero-order valence-electron chi connectivity index (χ0n) is 8.45. The molecule has 0 radical (unpaired) electrons. The molecule has 0 amide bonds. The molecule has 5 heteroatoms. The molecule has 0 fully saturated rings. The minimum atomic E-state index is -0.467. The van der Waals surface area contributed by atoms with E-state index < -0.39 is 5.82 Å². The number of rotatable bonds is 0. The van der Waals surface area contributed by atoms with Gasteiger partial charge in [0.15, 0.2) is 17.3 Å². The Balaban J connectivity index is 0.000000461. The van der Waals surface area contributed by atoms with Crippen LogP contribution in [0.15, 0.2) is 12.4 Å². The van der Waals surface area contributed by atoms with Crippen molar-refractivity contribution in [2.75, 3.05) is 5.73 Å². The highest BCUT2D eigenvalue weighted by Crippen LogP contribution is 2.14. The average Bonchev–Trinajstić information content (AvgIpc) is 2.67. The van der Waals surface area contributed by atoms with E-state index >= 15 is 0 Å². The number of fused-ring (bicyclic) bond motifs is 1. The van der Waals surface area contributed by atoms with Gasteiger partial charge >= 0.3 is 0 Å². The fourth-order valence-corrected chi connectivity index (χ4v) is 1.12. The molecule has 0 aromatic carbocycles. The molecule has 0 saturated heterocycles. The summed E-state index contributed by atoms with van der Waals surface area (Å²) in [5, 5.41) is 3.78. The van der Waals surface area contributed by atoms with Crippen LogP contribution < -0.4 is 5.73 Å². The van der Waals surface area contributed by atoms with E-state index in [-0.39, 0.29) is 5.82 Å². The van der Waals surface area contributed by atoms with Gasteiger partial charge in [0.2, 0.25) is 0 Å². The monoisotopic (exact) mass is 196 g/mol.